The zero-order valence-electron chi connectivity index (χ0n) is 13.3. The minimum atomic E-state index is 0.690. The molecular weight excluding hydrogens is 290 g/mol. The van der Waals surface area contributed by atoms with E-state index in [1.807, 2.05) is 25.1 Å². The van der Waals surface area contributed by atoms with Crippen LogP contribution in [0, 0.1) is 6.92 Å². The molecule has 0 bridgehead atoms. The van der Waals surface area contributed by atoms with Gasteiger partial charge in [-0.25, -0.2) is 19.9 Å². The highest BCUT2D eigenvalue weighted by atomic mass is 15.3. The quantitative estimate of drug-likeness (QED) is 0.839. The highest BCUT2D eigenvalue weighted by molar-refractivity contribution is 5.51. The van der Waals surface area contributed by atoms with Gasteiger partial charge in [0.2, 0.25) is 5.95 Å². The van der Waals surface area contributed by atoms with Crippen molar-refractivity contribution < 1.29 is 0 Å². The summed E-state index contributed by atoms with van der Waals surface area (Å²) in [5, 5.41) is 3.22. The number of aromatic nitrogens is 4. The van der Waals surface area contributed by atoms with Gasteiger partial charge in [0.15, 0.2) is 0 Å². The highest BCUT2D eigenvalue weighted by Crippen LogP contribution is 2.19. The molecule has 2 aromatic heterocycles. The molecule has 0 amide bonds. The summed E-state index contributed by atoms with van der Waals surface area (Å²) in [4.78, 5) is 22.1. The van der Waals surface area contributed by atoms with Gasteiger partial charge in [0.1, 0.15) is 17.5 Å². The SMILES string of the molecule is C=CCNc1cc(N2CCN(c3ncccn3)CC2)nc(C)n1. The number of hydrogen-bond donors (Lipinski definition) is 1. The summed E-state index contributed by atoms with van der Waals surface area (Å²) < 4.78 is 0. The Morgan fingerprint density at radius 2 is 1.83 bits per heavy atom. The third kappa shape index (κ3) is 3.74. The second-order valence-corrected chi connectivity index (χ2v) is 5.35. The van der Waals surface area contributed by atoms with Crippen LogP contribution in [0.1, 0.15) is 5.82 Å². The number of hydrogen-bond acceptors (Lipinski definition) is 7. The lowest BCUT2D eigenvalue weighted by Gasteiger charge is -2.35. The van der Waals surface area contributed by atoms with Crippen molar-refractivity contribution in [3.63, 3.8) is 0 Å². The van der Waals surface area contributed by atoms with E-state index in [1.54, 1.807) is 12.4 Å². The number of anilines is 3. The molecule has 7 nitrogen and oxygen atoms in total. The number of piperazine rings is 1. The normalized spacial score (nSPS) is 14.7. The lowest BCUT2D eigenvalue weighted by molar-refractivity contribution is 0.633. The Balaban J connectivity index is 1.67. The minimum absolute atomic E-state index is 0.690. The van der Waals surface area contributed by atoms with Crippen molar-refractivity contribution in [3.05, 3.63) is 43.0 Å². The number of rotatable bonds is 5. The molecule has 1 aliphatic rings. The summed E-state index contributed by atoms with van der Waals surface area (Å²) >= 11 is 0. The molecule has 1 fully saturated rings. The van der Waals surface area contributed by atoms with Crippen molar-refractivity contribution in [1.29, 1.82) is 0 Å². The van der Waals surface area contributed by atoms with Gasteiger partial charge in [-0.3, -0.25) is 0 Å². The third-order valence-corrected chi connectivity index (χ3v) is 3.69. The van der Waals surface area contributed by atoms with Crippen molar-refractivity contribution in [2.45, 2.75) is 6.92 Å². The maximum Gasteiger partial charge on any atom is 0.225 e. The first kappa shape index (κ1) is 15.2. The van der Waals surface area contributed by atoms with Gasteiger partial charge in [0, 0.05) is 51.2 Å². The van der Waals surface area contributed by atoms with Gasteiger partial charge in [0.25, 0.3) is 0 Å². The van der Waals surface area contributed by atoms with E-state index in [2.05, 4.69) is 41.6 Å². The average Bonchev–Trinajstić information content (AvgIpc) is 2.60. The molecule has 1 saturated heterocycles. The Morgan fingerprint density at radius 1 is 1.13 bits per heavy atom. The first-order valence-electron chi connectivity index (χ1n) is 7.73. The van der Waals surface area contributed by atoms with Crippen molar-refractivity contribution in [3.8, 4) is 0 Å². The second-order valence-electron chi connectivity index (χ2n) is 5.35. The molecule has 0 aromatic carbocycles. The van der Waals surface area contributed by atoms with E-state index in [4.69, 9.17) is 0 Å². The molecule has 2 aromatic rings. The molecule has 0 spiro atoms. The molecule has 23 heavy (non-hydrogen) atoms. The summed E-state index contributed by atoms with van der Waals surface area (Å²) in [6.07, 6.45) is 5.37. The van der Waals surface area contributed by atoms with Crippen molar-refractivity contribution >= 4 is 17.6 Å². The van der Waals surface area contributed by atoms with E-state index in [1.165, 1.54) is 0 Å². The molecule has 0 radical (unpaired) electrons. The molecule has 120 valence electrons. The zero-order chi connectivity index (χ0) is 16.1. The first-order chi connectivity index (χ1) is 11.3. The van der Waals surface area contributed by atoms with Gasteiger partial charge in [-0.1, -0.05) is 6.08 Å². The largest absolute Gasteiger partial charge is 0.366 e. The Bertz CT molecular complexity index is 651. The van der Waals surface area contributed by atoms with Crippen molar-refractivity contribution in [2.24, 2.45) is 0 Å². The lowest BCUT2D eigenvalue weighted by Crippen LogP contribution is -2.47. The number of nitrogens with one attached hydrogen (secondary N) is 1. The molecular formula is C16H21N7. The molecule has 3 heterocycles. The predicted octanol–water partition coefficient (Wildman–Crippen LogP) is 1.50. The minimum Gasteiger partial charge on any atom is -0.366 e. The number of aryl methyl sites for hydroxylation is 1. The lowest BCUT2D eigenvalue weighted by atomic mass is 10.3. The van der Waals surface area contributed by atoms with Crippen LogP contribution in [-0.4, -0.2) is 52.7 Å². The second kappa shape index (κ2) is 7.04. The van der Waals surface area contributed by atoms with Crippen LogP contribution in [0.5, 0.6) is 0 Å². The molecule has 3 rings (SSSR count). The van der Waals surface area contributed by atoms with Crippen LogP contribution in [0.3, 0.4) is 0 Å². The van der Waals surface area contributed by atoms with Gasteiger partial charge in [-0.15, -0.1) is 6.58 Å². The van der Waals surface area contributed by atoms with Crippen molar-refractivity contribution in [2.75, 3.05) is 47.8 Å². The van der Waals surface area contributed by atoms with Crippen LogP contribution >= 0.6 is 0 Å². The molecule has 1 aliphatic heterocycles. The molecule has 0 atom stereocenters. The monoisotopic (exact) mass is 311 g/mol. The maximum atomic E-state index is 4.56. The Hall–Kier alpha value is -2.70. The molecule has 1 N–H and O–H groups in total. The van der Waals surface area contributed by atoms with Crippen LogP contribution in [0.15, 0.2) is 37.2 Å². The summed E-state index contributed by atoms with van der Waals surface area (Å²) in [7, 11) is 0. The third-order valence-electron chi connectivity index (χ3n) is 3.69. The van der Waals surface area contributed by atoms with Crippen LogP contribution in [0.2, 0.25) is 0 Å². The van der Waals surface area contributed by atoms with Gasteiger partial charge in [0.05, 0.1) is 0 Å². The van der Waals surface area contributed by atoms with Gasteiger partial charge in [-0.05, 0) is 13.0 Å². The molecule has 0 aliphatic carbocycles. The standard InChI is InChI=1S/C16H21N7/c1-3-5-17-14-12-15(21-13(2)20-14)22-8-10-23(11-9-22)16-18-6-4-7-19-16/h3-4,6-7,12H,1,5,8-11H2,2H3,(H,17,20,21). The maximum absolute atomic E-state index is 4.56. The van der Waals surface area contributed by atoms with E-state index in [9.17, 15) is 0 Å². The van der Waals surface area contributed by atoms with Gasteiger partial charge in [-0.2, -0.15) is 0 Å². The fourth-order valence-corrected chi connectivity index (χ4v) is 2.57. The van der Waals surface area contributed by atoms with Crippen molar-refractivity contribution in [1.82, 2.24) is 19.9 Å². The summed E-state index contributed by atoms with van der Waals surface area (Å²) in [6.45, 7) is 9.84. The first-order valence-corrected chi connectivity index (χ1v) is 7.73. The van der Waals surface area contributed by atoms with E-state index >= 15 is 0 Å². The van der Waals surface area contributed by atoms with Gasteiger partial charge >= 0.3 is 0 Å². The highest BCUT2D eigenvalue weighted by Gasteiger charge is 2.20. The Labute approximate surface area is 136 Å². The van der Waals surface area contributed by atoms with E-state index in [0.717, 1.165) is 49.6 Å². The van der Waals surface area contributed by atoms with Crippen LogP contribution in [-0.2, 0) is 0 Å². The molecule has 7 heteroatoms. The van der Waals surface area contributed by atoms with Crippen LogP contribution < -0.4 is 15.1 Å². The molecule has 0 unspecified atom stereocenters. The van der Waals surface area contributed by atoms with Gasteiger partial charge < -0.3 is 15.1 Å². The summed E-state index contributed by atoms with van der Waals surface area (Å²) in [6, 6.07) is 3.83. The molecule has 0 saturated carbocycles. The Morgan fingerprint density at radius 3 is 2.52 bits per heavy atom. The van der Waals surface area contributed by atoms with Crippen LogP contribution in [0.25, 0.3) is 0 Å². The van der Waals surface area contributed by atoms with Crippen LogP contribution in [0.4, 0.5) is 17.6 Å². The smallest absolute Gasteiger partial charge is 0.225 e. The summed E-state index contributed by atoms with van der Waals surface area (Å²) in [5.74, 6) is 3.35. The van der Waals surface area contributed by atoms with E-state index in [0.29, 0.717) is 6.54 Å². The number of nitrogens with zero attached hydrogens (tertiary/aromatic N) is 6. The van der Waals surface area contributed by atoms with E-state index < -0.39 is 0 Å². The topological polar surface area (TPSA) is 70.1 Å². The fraction of sp³-hybridized carbons (Fsp3) is 0.375. The predicted molar refractivity (Wildman–Crippen MR) is 91.9 cm³/mol. The fourth-order valence-electron chi connectivity index (χ4n) is 2.57. The van der Waals surface area contributed by atoms with E-state index in [-0.39, 0.29) is 0 Å². The average molecular weight is 311 g/mol. The Kier molecular flexibility index (Phi) is 4.65. The zero-order valence-corrected chi connectivity index (χ0v) is 13.3. The summed E-state index contributed by atoms with van der Waals surface area (Å²) in [5.41, 5.74) is 0.